The lowest BCUT2D eigenvalue weighted by Gasteiger charge is -2.09. The first-order valence-corrected chi connectivity index (χ1v) is 3.41. The standard InChI is InChI=1S/C8H11NO3.ClH/c1-10-6-4-3-5-7(11-2)8(6)12-9;/h3-5H,9H2,1-2H3;1H. The van der Waals surface area contributed by atoms with E-state index in [0.717, 1.165) is 0 Å². The van der Waals surface area contributed by atoms with Crippen molar-refractivity contribution in [3.8, 4) is 17.2 Å². The van der Waals surface area contributed by atoms with Crippen LogP contribution >= 0.6 is 12.4 Å². The van der Waals surface area contributed by atoms with E-state index in [4.69, 9.17) is 15.4 Å². The predicted octanol–water partition coefficient (Wildman–Crippen LogP) is 1.38. The van der Waals surface area contributed by atoms with Crippen LogP contribution in [0.1, 0.15) is 0 Å². The van der Waals surface area contributed by atoms with E-state index < -0.39 is 0 Å². The molecular weight excluding hydrogens is 194 g/mol. The number of methoxy groups -OCH3 is 2. The normalized spacial score (nSPS) is 8.54. The van der Waals surface area contributed by atoms with Gasteiger partial charge < -0.3 is 14.3 Å². The van der Waals surface area contributed by atoms with Crippen LogP contribution in [0.3, 0.4) is 0 Å². The SMILES string of the molecule is COc1cccc(OC)c1ON.Cl. The number of hydrogen-bond donors (Lipinski definition) is 1. The van der Waals surface area contributed by atoms with Crippen molar-refractivity contribution >= 4 is 12.4 Å². The summed E-state index contributed by atoms with van der Waals surface area (Å²) in [6.07, 6.45) is 0. The summed E-state index contributed by atoms with van der Waals surface area (Å²) in [5.74, 6) is 6.55. The van der Waals surface area contributed by atoms with Gasteiger partial charge in [0.1, 0.15) is 0 Å². The monoisotopic (exact) mass is 205 g/mol. The molecule has 0 aliphatic heterocycles. The van der Waals surface area contributed by atoms with Crippen LogP contribution < -0.4 is 20.2 Å². The quantitative estimate of drug-likeness (QED) is 0.758. The zero-order valence-electron chi connectivity index (χ0n) is 7.44. The Balaban J connectivity index is 0.00000144. The van der Waals surface area contributed by atoms with Gasteiger partial charge in [0.2, 0.25) is 5.75 Å². The third kappa shape index (κ3) is 2.40. The Morgan fingerprint density at radius 3 is 1.85 bits per heavy atom. The van der Waals surface area contributed by atoms with Gasteiger partial charge in [0.05, 0.1) is 14.2 Å². The maximum atomic E-state index is 5.04. The van der Waals surface area contributed by atoms with Gasteiger partial charge >= 0.3 is 0 Å². The second-order valence-electron chi connectivity index (χ2n) is 2.11. The van der Waals surface area contributed by atoms with Crippen LogP contribution in [0, 0.1) is 0 Å². The van der Waals surface area contributed by atoms with Crippen LogP contribution in [0.25, 0.3) is 0 Å². The van der Waals surface area contributed by atoms with Crippen LogP contribution in [0.4, 0.5) is 0 Å². The molecular formula is C8H12ClNO3. The molecule has 0 aromatic heterocycles. The molecule has 0 saturated carbocycles. The third-order valence-corrected chi connectivity index (χ3v) is 1.50. The summed E-state index contributed by atoms with van der Waals surface area (Å²) in [7, 11) is 3.08. The van der Waals surface area contributed by atoms with Gasteiger partial charge in [-0.15, -0.1) is 12.4 Å². The van der Waals surface area contributed by atoms with Crippen molar-refractivity contribution in [2.45, 2.75) is 0 Å². The number of para-hydroxylation sites is 1. The van der Waals surface area contributed by atoms with Crippen molar-refractivity contribution in [1.29, 1.82) is 0 Å². The topological polar surface area (TPSA) is 53.7 Å². The molecule has 0 radical (unpaired) electrons. The van der Waals surface area contributed by atoms with Crippen molar-refractivity contribution < 1.29 is 14.3 Å². The second kappa shape index (κ2) is 5.50. The van der Waals surface area contributed by atoms with Gasteiger partial charge in [0.15, 0.2) is 11.5 Å². The number of benzene rings is 1. The first kappa shape index (κ1) is 11.9. The van der Waals surface area contributed by atoms with E-state index in [-0.39, 0.29) is 12.4 Å². The van der Waals surface area contributed by atoms with Crippen LogP contribution in [-0.4, -0.2) is 14.2 Å². The molecule has 0 atom stereocenters. The number of ether oxygens (including phenoxy) is 2. The molecule has 1 rings (SSSR count). The van der Waals surface area contributed by atoms with E-state index in [0.29, 0.717) is 17.2 Å². The highest BCUT2D eigenvalue weighted by Crippen LogP contribution is 2.35. The van der Waals surface area contributed by atoms with Gasteiger partial charge in [0.25, 0.3) is 0 Å². The lowest BCUT2D eigenvalue weighted by atomic mass is 10.3. The summed E-state index contributed by atoms with van der Waals surface area (Å²) in [4.78, 5) is 4.61. The Morgan fingerprint density at radius 1 is 1.08 bits per heavy atom. The van der Waals surface area contributed by atoms with Gasteiger partial charge in [-0.3, -0.25) is 0 Å². The molecule has 13 heavy (non-hydrogen) atoms. The largest absolute Gasteiger partial charge is 0.493 e. The molecule has 2 N–H and O–H groups in total. The summed E-state index contributed by atoms with van der Waals surface area (Å²) in [5, 5.41) is 0. The highest BCUT2D eigenvalue weighted by atomic mass is 35.5. The molecule has 0 aliphatic rings. The van der Waals surface area contributed by atoms with Crippen molar-refractivity contribution in [3.63, 3.8) is 0 Å². The molecule has 0 spiro atoms. The average molecular weight is 206 g/mol. The number of rotatable bonds is 3. The molecule has 1 aromatic carbocycles. The maximum absolute atomic E-state index is 5.04. The van der Waals surface area contributed by atoms with Crippen LogP contribution in [-0.2, 0) is 0 Å². The molecule has 0 bridgehead atoms. The van der Waals surface area contributed by atoms with Crippen molar-refractivity contribution in [3.05, 3.63) is 18.2 Å². The fraction of sp³-hybridized carbons (Fsp3) is 0.250. The predicted molar refractivity (Wildman–Crippen MR) is 51.6 cm³/mol. The van der Waals surface area contributed by atoms with Gasteiger partial charge in [-0.25, -0.2) is 0 Å². The lowest BCUT2D eigenvalue weighted by Crippen LogP contribution is -2.05. The third-order valence-electron chi connectivity index (χ3n) is 1.50. The summed E-state index contributed by atoms with van der Waals surface area (Å²) < 4.78 is 9.99. The number of hydrogen-bond acceptors (Lipinski definition) is 4. The van der Waals surface area contributed by atoms with Crippen molar-refractivity contribution in [1.82, 2.24) is 0 Å². The zero-order chi connectivity index (χ0) is 8.97. The first-order chi connectivity index (χ1) is 5.83. The van der Waals surface area contributed by atoms with E-state index in [9.17, 15) is 0 Å². The molecule has 5 heteroatoms. The smallest absolute Gasteiger partial charge is 0.230 e. The Labute approximate surface area is 82.9 Å². The maximum Gasteiger partial charge on any atom is 0.230 e. The fourth-order valence-electron chi connectivity index (χ4n) is 0.933. The molecule has 0 unspecified atom stereocenters. The van der Waals surface area contributed by atoms with Crippen LogP contribution in [0.5, 0.6) is 17.2 Å². The van der Waals surface area contributed by atoms with Gasteiger partial charge in [-0.05, 0) is 12.1 Å². The highest BCUT2D eigenvalue weighted by molar-refractivity contribution is 5.85. The Kier molecular flexibility index (Phi) is 5.03. The molecule has 74 valence electrons. The van der Waals surface area contributed by atoms with E-state index in [1.807, 2.05) is 0 Å². The summed E-state index contributed by atoms with van der Waals surface area (Å²) >= 11 is 0. The summed E-state index contributed by atoms with van der Waals surface area (Å²) in [5.41, 5.74) is 0. The average Bonchev–Trinajstić information content (AvgIpc) is 2.16. The van der Waals surface area contributed by atoms with E-state index in [2.05, 4.69) is 4.84 Å². The van der Waals surface area contributed by atoms with Gasteiger partial charge in [-0.1, -0.05) is 6.07 Å². The van der Waals surface area contributed by atoms with Crippen molar-refractivity contribution in [2.75, 3.05) is 14.2 Å². The highest BCUT2D eigenvalue weighted by Gasteiger charge is 2.09. The molecule has 4 nitrogen and oxygen atoms in total. The number of halogens is 1. The molecule has 0 fully saturated rings. The summed E-state index contributed by atoms with van der Waals surface area (Å²) in [6, 6.07) is 5.27. The summed E-state index contributed by atoms with van der Waals surface area (Å²) in [6.45, 7) is 0. The molecule has 0 aliphatic carbocycles. The fourth-order valence-corrected chi connectivity index (χ4v) is 0.933. The van der Waals surface area contributed by atoms with E-state index in [1.165, 1.54) is 14.2 Å². The minimum Gasteiger partial charge on any atom is -0.493 e. The molecule has 0 heterocycles. The number of nitrogens with two attached hydrogens (primary N) is 1. The van der Waals surface area contributed by atoms with Crippen molar-refractivity contribution in [2.24, 2.45) is 5.90 Å². The Bertz CT molecular complexity index is 245. The van der Waals surface area contributed by atoms with Crippen LogP contribution in [0.15, 0.2) is 18.2 Å². The minimum absolute atomic E-state index is 0. The molecule has 1 aromatic rings. The van der Waals surface area contributed by atoms with E-state index >= 15 is 0 Å². The van der Waals surface area contributed by atoms with Gasteiger partial charge in [-0.2, -0.15) is 5.90 Å². The Hall–Kier alpha value is -1.13. The minimum atomic E-state index is 0. The second-order valence-corrected chi connectivity index (χ2v) is 2.11. The zero-order valence-corrected chi connectivity index (χ0v) is 8.26. The van der Waals surface area contributed by atoms with E-state index in [1.54, 1.807) is 18.2 Å². The van der Waals surface area contributed by atoms with Gasteiger partial charge in [0, 0.05) is 0 Å². The lowest BCUT2D eigenvalue weighted by molar-refractivity contribution is 0.283. The molecule has 0 amide bonds. The van der Waals surface area contributed by atoms with Crippen LogP contribution in [0.2, 0.25) is 0 Å². The Morgan fingerprint density at radius 2 is 1.54 bits per heavy atom. The first-order valence-electron chi connectivity index (χ1n) is 3.41. The molecule has 0 saturated heterocycles.